The van der Waals surface area contributed by atoms with E-state index >= 15 is 0 Å². The third kappa shape index (κ3) is 3.19. The summed E-state index contributed by atoms with van der Waals surface area (Å²) in [6.07, 6.45) is 13.5. The van der Waals surface area contributed by atoms with Crippen LogP contribution in [0.5, 0.6) is 0 Å². The zero-order chi connectivity index (χ0) is 19.8. The molecule has 1 aliphatic carbocycles. The van der Waals surface area contributed by atoms with Crippen LogP contribution in [-0.4, -0.2) is 24.4 Å². The Balaban J connectivity index is 1.52. The van der Waals surface area contributed by atoms with Gasteiger partial charge in [-0.05, 0) is 36.8 Å². The molecule has 3 heterocycles. The molecule has 6 heteroatoms. The second-order valence-corrected chi connectivity index (χ2v) is 7.82. The quantitative estimate of drug-likeness (QED) is 0.519. The summed E-state index contributed by atoms with van der Waals surface area (Å²) in [5, 5.41) is 18.0. The van der Waals surface area contributed by atoms with Gasteiger partial charge in [0.05, 0.1) is 29.7 Å². The van der Waals surface area contributed by atoms with Crippen molar-refractivity contribution in [2.75, 3.05) is 0 Å². The first-order valence-electron chi connectivity index (χ1n) is 10.0. The monoisotopic (exact) mass is 382 g/mol. The van der Waals surface area contributed by atoms with Crippen LogP contribution in [0.1, 0.15) is 37.3 Å². The van der Waals surface area contributed by atoms with Crippen molar-refractivity contribution in [3.05, 3.63) is 60.9 Å². The molecule has 0 spiro atoms. The highest BCUT2D eigenvalue weighted by atomic mass is 15.2. The molecule has 0 amide bonds. The first kappa shape index (κ1) is 17.6. The summed E-state index contributed by atoms with van der Waals surface area (Å²) >= 11 is 0. The molecule has 5 rings (SSSR count). The van der Waals surface area contributed by atoms with Gasteiger partial charge in [0.15, 0.2) is 0 Å². The van der Waals surface area contributed by atoms with E-state index in [1.165, 1.54) is 0 Å². The van der Waals surface area contributed by atoms with Crippen molar-refractivity contribution in [2.45, 2.75) is 31.6 Å². The van der Waals surface area contributed by atoms with Crippen LogP contribution in [0, 0.1) is 17.2 Å². The van der Waals surface area contributed by atoms with Crippen molar-refractivity contribution in [1.82, 2.24) is 24.4 Å². The van der Waals surface area contributed by atoms with Gasteiger partial charge in [0.2, 0.25) is 0 Å². The lowest BCUT2D eigenvalue weighted by Gasteiger charge is -2.24. The molecule has 0 bridgehead atoms. The molecule has 1 fully saturated rings. The van der Waals surface area contributed by atoms with Crippen molar-refractivity contribution in [3.63, 3.8) is 0 Å². The second kappa shape index (κ2) is 7.17. The summed E-state index contributed by atoms with van der Waals surface area (Å²) in [6, 6.07) is 11.0. The van der Waals surface area contributed by atoms with Gasteiger partial charge >= 0.3 is 0 Å². The summed E-state index contributed by atoms with van der Waals surface area (Å²) in [6.45, 7) is 0. The molecule has 0 saturated heterocycles. The van der Waals surface area contributed by atoms with E-state index in [4.69, 9.17) is 4.98 Å². The predicted octanol–water partition coefficient (Wildman–Crippen LogP) is 4.59. The molecule has 0 aliphatic heterocycles. The summed E-state index contributed by atoms with van der Waals surface area (Å²) in [5.74, 6) is 0.573. The largest absolute Gasteiger partial charge is 0.275 e. The van der Waals surface area contributed by atoms with Crippen molar-refractivity contribution < 1.29 is 0 Å². The number of fused-ring (bicyclic) bond motifs is 1. The van der Waals surface area contributed by atoms with E-state index in [0.29, 0.717) is 5.92 Å². The second-order valence-electron chi connectivity index (χ2n) is 7.82. The Kier molecular flexibility index (Phi) is 4.36. The van der Waals surface area contributed by atoms with Gasteiger partial charge in [0.25, 0.3) is 0 Å². The van der Waals surface area contributed by atoms with E-state index in [1.54, 1.807) is 0 Å². The number of aromatic nitrogens is 5. The number of nitrogens with zero attached hydrogens (tertiary/aromatic N) is 6. The van der Waals surface area contributed by atoms with Gasteiger partial charge < -0.3 is 0 Å². The first-order chi connectivity index (χ1) is 14.2. The third-order valence-corrected chi connectivity index (χ3v) is 5.99. The Labute approximate surface area is 169 Å². The molecule has 1 saturated carbocycles. The summed E-state index contributed by atoms with van der Waals surface area (Å²) in [7, 11) is 1.93. The maximum absolute atomic E-state index is 9.20. The SMILES string of the molecule is Cn1cc(-c2ccc(-c3cnn4ccnc(C5CCC(C#N)CC5)c34)cc2)cn1. The van der Waals surface area contributed by atoms with E-state index in [9.17, 15) is 5.26 Å². The molecule has 29 heavy (non-hydrogen) atoms. The van der Waals surface area contributed by atoms with Crippen molar-refractivity contribution in [2.24, 2.45) is 13.0 Å². The van der Waals surface area contributed by atoms with Crippen LogP contribution in [0.15, 0.2) is 55.2 Å². The number of aryl methyl sites for hydroxylation is 1. The molecule has 1 aromatic carbocycles. The minimum absolute atomic E-state index is 0.190. The Bertz CT molecular complexity index is 1190. The number of hydrogen-bond donors (Lipinski definition) is 0. The highest BCUT2D eigenvalue weighted by molar-refractivity contribution is 5.83. The minimum Gasteiger partial charge on any atom is -0.275 e. The van der Waals surface area contributed by atoms with E-state index in [1.807, 2.05) is 47.2 Å². The minimum atomic E-state index is 0.190. The lowest BCUT2D eigenvalue weighted by atomic mass is 9.80. The van der Waals surface area contributed by atoms with Crippen molar-refractivity contribution >= 4 is 5.52 Å². The molecule has 0 radical (unpaired) electrons. The maximum Gasteiger partial charge on any atom is 0.0958 e. The number of benzene rings is 1. The molecule has 6 nitrogen and oxygen atoms in total. The number of rotatable bonds is 3. The lowest BCUT2D eigenvalue weighted by Crippen LogP contribution is -2.14. The molecule has 0 atom stereocenters. The summed E-state index contributed by atoms with van der Waals surface area (Å²) in [4.78, 5) is 4.75. The summed E-state index contributed by atoms with van der Waals surface area (Å²) in [5.41, 5.74) is 6.68. The van der Waals surface area contributed by atoms with Gasteiger partial charge in [-0.25, -0.2) is 4.52 Å². The predicted molar refractivity (Wildman–Crippen MR) is 111 cm³/mol. The van der Waals surface area contributed by atoms with Crippen LogP contribution in [0.2, 0.25) is 0 Å². The Morgan fingerprint density at radius 1 is 0.966 bits per heavy atom. The third-order valence-electron chi connectivity index (χ3n) is 5.99. The Morgan fingerprint density at radius 2 is 1.72 bits per heavy atom. The van der Waals surface area contributed by atoms with E-state index in [2.05, 4.69) is 40.5 Å². The highest BCUT2D eigenvalue weighted by Crippen LogP contribution is 2.38. The van der Waals surface area contributed by atoms with E-state index in [-0.39, 0.29) is 5.92 Å². The van der Waals surface area contributed by atoms with Crippen LogP contribution in [-0.2, 0) is 7.05 Å². The lowest BCUT2D eigenvalue weighted by molar-refractivity contribution is 0.378. The standard InChI is InChI=1S/C23H22N6/c1-28-15-20(13-26-28)17-6-8-18(9-7-17)21-14-27-29-11-10-25-22(23(21)29)19-4-2-16(12-24)3-5-19/h6-11,13-16,19H,2-5H2,1H3. The van der Waals surface area contributed by atoms with Crippen LogP contribution < -0.4 is 0 Å². The molecule has 0 N–H and O–H groups in total. The van der Waals surface area contributed by atoms with Gasteiger partial charge in [-0.3, -0.25) is 9.67 Å². The fourth-order valence-corrected chi connectivity index (χ4v) is 4.39. The van der Waals surface area contributed by atoms with Crippen LogP contribution in [0.3, 0.4) is 0 Å². The average Bonchev–Trinajstić information content (AvgIpc) is 3.40. The molecule has 144 valence electrons. The normalized spacial score (nSPS) is 19.3. The Morgan fingerprint density at radius 3 is 2.41 bits per heavy atom. The molecule has 3 aromatic heterocycles. The van der Waals surface area contributed by atoms with E-state index < -0.39 is 0 Å². The van der Waals surface area contributed by atoms with Gasteiger partial charge in [0, 0.05) is 48.6 Å². The highest BCUT2D eigenvalue weighted by Gasteiger charge is 2.26. The summed E-state index contributed by atoms with van der Waals surface area (Å²) < 4.78 is 3.75. The number of nitriles is 1. The fourth-order valence-electron chi connectivity index (χ4n) is 4.39. The van der Waals surface area contributed by atoms with Gasteiger partial charge in [-0.1, -0.05) is 24.3 Å². The average molecular weight is 382 g/mol. The molecule has 0 unspecified atom stereocenters. The van der Waals surface area contributed by atoms with Crippen LogP contribution >= 0.6 is 0 Å². The van der Waals surface area contributed by atoms with Crippen molar-refractivity contribution in [1.29, 1.82) is 5.26 Å². The van der Waals surface area contributed by atoms with Gasteiger partial charge in [-0.2, -0.15) is 15.5 Å². The molecule has 1 aliphatic rings. The van der Waals surface area contributed by atoms with E-state index in [0.717, 1.165) is 59.1 Å². The van der Waals surface area contributed by atoms with Crippen LogP contribution in [0.25, 0.3) is 27.8 Å². The zero-order valence-electron chi connectivity index (χ0n) is 16.4. The Hall–Kier alpha value is -3.46. The van der Waals surface area contributed by atoms with Crippen molar-refractivity contribution in [3.8, 4) is 28.3 Å². The molecular formula is C23H22N6. The fraction of sp³-hybridized carbons (Fsp3) is 0.304. The van der Waals surface area contributed by atoms with Gasteiger partial charge in [-0.15, -0.1) is 0 Å². The number of hydrogen-bond acceptors (Lipinski definition) is 4. The van der Waals surface area contributed by atoms with Crippen LogP contribution in [0.4, 0.5) is 0 Å². The smallest absolute Gasteiger partial charge is 0.0958 e. The molecule has 4 aromatic rings. The topological polar surface area (TPSA) is 71.8 Å². The zero-order valence-corrected chi connectivity index (χ0v) is 16.4. The maximum atomic E-state index is 9.20. The molecular weight excluding hydrogens is 360 g/mol. The first-order valence-corrected chi connectivity index (χ1v) is 10.0. The van der Waals surface area contributed by atoms with Gasteiger partial charge in [0.1, 0.15) is 0 Å².